The lowest BCUT2D eigenvalue weighted by atomic mass is 10.2. The third kappa shape index (κ3) is 4.72. The Kier molecular flexibility index (Phi) is 5.85. The molecule has 0 unspecified atom stereocenters. The first kappa shape index (κ1) is 13.3. The Morgan fingerprint density at radius 3 is 2.94 bits per heavy atom. The number of hydrogen-bond donors (Lipinski definition) is 1. The molecule has 5 nitrogen and oxygen atoms in total. The summed E-state index contributed by atoms with van der Waals surface area (Å²) in [5, 5.41) is 3.94. The maximum Gasteiger partial charge on any atom is 0.307 e. The fourth-order valence-electron chi connectivity index (χ4n) is 1.23. The molecule has 1 heterocycles. The Bertz CT molecular complexity index is 358. The van der Waals surface area contributed by atoms with E-state index in [0.29, 0.717) is 12.5 Å². The molecule has 0 atom stereocenters. The molecule has 0 bridgehead atoms. The van der Waals surface area contributed by atoms with Crippen LogP contribution in [0.15, 0.2) is 27.9 Å². The number of amides is 1. The number of hydrazone groups is 1. The van der Waals surface area contributed by atoms with Crippen LogP contribution in [0.4, 0.5) is 0 Å². The molecule has 0 saturated carbocycles. The molecule has 1 N–H and O–H groups in total. The first-order valence-electron chi connectivity index (χ1n) is 5.81. The van der Waals surface area contributed by atoms with Crippen LogP contribution in [0.5, 0.6) is 0 Å². The lowest BCUT2D eigenvalue weighted by Crippen LogP contribution is -2.20. The summed E-state index contributed by atoms with van der Waals surface area (Å²) in [6, 6.07) is 3.23. The fraction of sp³-hybridized carbons (Fsp3) is 0.500. The van der Waals surface area contributed by atoms with Gasteiger partial charge < -0.3 is 9.15 Å². The van der Waals surface area contributed by atoms with Crippen molar-refractivity contribution >= 4 is 11.8 Å². The van der Waals surface area contributed by atoms with Crippen LogP contribution < -0.4 is 5.43 Å². The highest BCUT2D eigenvalue weighted by Gasteiger charge is 2.07. The number of unbranched alkanes of at least 4 members (excludes halogenated alkanes) is 1. The van der Waals surface area contributed by atoms with Crippen molar-refractivity contribution in [1.29, 1.82) is 0 Å². The SMILES string of the molecule is CCCCC(=NNC(=O)c1ccco1)OCC. The zero-order chi connectivity index (χ0) is 12.5. The maximum atomic E-state index is 11.5. The lowest BCUT2D eigenvalue weighted by molar-refractivity contribution is 0.0925. The Hall–Kier alpha value is -1.78. The quantitative estimate of drug-likeness (QED) is 0.470. The zero-order valence-electron chi connectivity index (χ0n) is 10.2. The average molecular weight is 238 g/mol. The van der Waals surface area contributed by atoms with Crippen LogP contribution in [-0.4, -0.2) is 18.4 Å². The van der Waals surface area contributed by atoms with Gasteiger partial charge >= 0.3 is 5.91 Å². The number of hydrogen-bond acceptors (Lipinski definition) is 4. The summed E-state index contributed by atoms with van der Waals surface area (Å²) < 4.78 is 10.3. The molecule has 1 rings (SSSR count). The largest absolute Gasteiger partial charge is 0.480 e. The predicted octanol–water partition coefficient (Wildman–Crippen LogP) is 2.55. The highest BCUT2D eigenvalue weighted by atomic mass is 16.5. The molecule has 1 amide bonds. The van der Waals surface area contributed by atoms with Gasteiger partial charge in [0.05, 0.1) is 12.9 Å². The van der Waals surface area contributed by atoms with E-state index in [4.69, 9.17) is 9.15 Å². The molecule has 0 aliphatic rings. The van der Waals surface area contributed by atoms with E-state index in [-0.39, 0.29) is 11.7 Å². The summed E-state index contributed by atoms with van der Waals surface area (Å²) in [6.45, 7) is 4.51. The smallest absolute Gasteiger partial charge is 0.307 e. The zero-order valence-corrected chi connectivity index (χ0v) is 10.2. The minimum atomic E-state index is -0.372. The number of rotatable bonds is 6. The molecule has 5 heteroatoms. The van der Waals surface area contributed by atoms with E-state index >= 15 is 0 Å². The number of nitrogens with one attached hydrogen (secondary N) is 1. The van der Waals surface area contributed by atoms with E-state index in [0.717, 1.165) is 19.3 Å². The van der Waals surface area contributed by atoms with Crippen LogP contribution in [-0.2, 0) is 4.74 Å². The van der Waals surface area contributed by atoms with Gasteiger partial charge in [0.2, 0.25) is 5.90 Å². The van der Waals surface area contributed by atoms with Gasteiger partial charge in [0.25, 0.3) is 0 Å². The van der Waals surface area contributed by atoms with Crippen molar-refractivity contribution in [1.82, 2.24) is 5.43 Å². The van der Waals surface area contributed by atoms with Crippen molar-refractivity contribution in [2.45, 2.75) is 33.1 Å². The van der Waals surface area contributed by atoms with E-state index in [1.54, 1.807) is 12.1 Å². The molecule has 0 saturated heterocycles. The highest BCUT2D eigenvalue weighted by Crippen LogP contribution is 2.01. The van der Waals surface area contributed by atoms with Crippen LogP contribution in [0, 0.1) is 0 Å². The molecule has 17 heavy (non-hydrogen) atoms. The van der Waals surface area contributed by atoms with Crippen LogP contribution >= 0.6 is 0 Å². The van der Waals surface area contributed by atoms with Crippen LogP contribution in [0.3, 0.4) is 0 Å². The number of nitrogens with zero attached hydrogens (tertiary/aromatic N) is 1. The second kappa shape index (κ2) is 7.49. The normalized spacial score (nSPS) is 11.3. The van der Waals surface area contributed by atoms with Crippen LogP contribution in [0.25, 0.3) is 0 Å². The highest BCUT2D eigenvalue weighted by molar-refractivity contribution is 5.92. The van der Waals surface area contributed by atoms with Gasteiger partial charge in [0.15, 0.2) is 5.76 Å². The molecule has 0 radical (unpaired) electrons. The van der Waals surface area contributed by atoms with E-state index in [1.165, 1.54) is 6.26 Å². The molecule has 1 aromatic rings. The monoisotopic (exact) mass is 238 g/mol. The summed E-state index contributed by atoms with van der Waals surface area (Å²) in [7, 11) is 0. The average Bonchev–Trinajstić information content (AvgIpc) is 2.86. The lowest BCUT2D eigenvalue weighted by Gasteiger charge is -2.06. The molecule has 94 valence electrons. The van der Waals surface area contributed by atoms with Crippen molar-refractivity contribution in [3.05, 3.63) is 24.2 Å². The molecule has 0 aliphatic carbocycles. The molecule has 0 fully saturated rings. The third-order valence-electron chi connectivity index (χ3n) is 2.08. The standard InChI is InChI=1S/C12H18N2O3/c1-3-5-8-11(16-4-2)13-14-12(15)10-7-6-9-17-10/h6-7,9H,3-5,8H2,1-2H3,(H,14,15). The third-order valence-corrected chi connectivity index (χ3v) is 2.08. The number of furan rings is 1. The van der Waals surface area contributed by atoms with Gasteiger partial charge in [0, 0.05) is 6.42 Å². The van der Waals surface area contributed by atoms with Gasteiger partial charge in [-0.1, -0.05) is 13.3 Å². The van der Waals surface area contributed by atoms with Gasteiger partial charge in [-0.15, -0.1) is 5.10 Å². The first-order valence-corrected chi connectivity index (χ1v) is 5.81. The second-order valence-corrected chi connectivity index (χ2v) is 3.46. The van der Waals surface area contributed by atoms with Crippen molar-refractivity contribution in [2.75, 3.05) is 6.61 Å². The van der Waals surface area contributed by atoms with Crippen LogP contribution in [0.1, 0.15) is 43.7 Å². The molecule has 1 aromatic heterocycles. The van der Waals surface area contributed by atoms with Gasteiger partial charge in [-0.3, -0.25) is 4.79 Å². The summed E-state index contributed by atoms with van der Waals surface area (Å²) in [5.41, 5.74) is 2.41. The van der Waals surface area contributed by atoms with E-state index in [9.17, 15) is 4.79 Å². The minimum absolute atomic E-state index is 0.236. The first-order chi connectivity index (χ1) is 8.27. The van der Waals surface area contributed by atoms with E-state index < -0.39 is 0 Å². The Labute approximate surface area is 101 Å². The Morgan fingerprint density at radius 1 is 1.53 bits per heavy atom. The fourth-order valence-corrected chi connectivity index (χ4v) is 1.23. The number of carbonyl (C=O) groups excluding carboxylic acids is 1. The van der Waals surface area contributed by atoms with Gasteiger partial charge in [0.1, 0.15) is 0 Å². The van der Waals surface area contributed by atoms with Gasteiger partial charge in [-0.2, -0.15) is 0 Å². The minimum Gasteiger partial charge on any atom is -0.480 e. The predicted molar refractivity (Wildman–Crippen MR) is 64.8 cm³/mol. The summed E-state index contributed by atoms with van der Waals surface area (Å²) >= 11 is 0. The van der Waals surface area contributed by atoms with Crippen molar-refractivity contribution in [3.8, 4) is 0 Å². The molecular formula is C12H18N2O3. The summed E-state index contributed by atoms with van der Waals surface area (Å²) in [6.07, 6.45) is 4.20. The maximum absolute atomic E-state index is 11.5. The second-order valence-electron chi connectivity index (χ2n) is 3.46. The number of ether oxygens (including phenoxy) is 1. The molecule has 0 aliphatic heterocycles. The number of carbonyl (C=O) groups is 1. The van der Waals surface area contributed by atoms with Crippen molar-refractivity contribution in [2.24, 2.45) is 5.10 Å². The van der Waals surface area contributed by atoms with Crippen molar-refractivity contribution < 1.29 is 13.9 Å². The van der Waals surface area contributed by atoms with Gasteiger partial charge in [-0.05, 0) is 25.5 Å². The van der Waals surface area contributed by atoms with Crippen molar-refractivity contribution in [3.63, 3.8) is 0 Å². The molecule has 0 spiro atoms. The van der Waals surface area contributed by atoms with Gasteiger partial charge in [-0.25, -0.2) is 5.43 Å². The summed E-state index contributed by atoms with van der Waals surface area (Å²) in [5.74, 6) is 0.415. The topological polar surface area (TPSA) is 63.8 Å². The molecule has 0 aromatic carbocycles. The van der Waals surface area contributed by atoms with E-state index in [1.807, 2.05) is 6.92 Å². The van der Waals surface area contributed by atoms with Crippen LogP contribution in [0.2, 0.25) is 0 Å². The Morgan fingerprint density at radius 2 is 2.35 bits per heavy atom. The summed E-state index contributed by atoms with van der Waals surface area (Å²) in [4.78, 5) is 11.5. The Balaban J connectivity index is 2.50. The molecular weight excluding hydrogens is 220 g/mol. The van der Waals surface area contributed by atoms with E-state index in [2.05, 4.69) is 17.5 Å².